The summed E-state index contributed by atoms with van der Waals surface area (Å²) < 4.78 is 16.5. The zero-order valence-electron chi connectivity index (χ0n) is 16.3. The minimum absolute atomic E-state index is 0.220. The van der Waals surface area contributed by atoms with Crippen LogP contribution in [0.4, 0.5) is 15.9 Å². The Balaban J connectivity index is 1.72. The van der Waals surface area contributed by atoms with Crippen LogP contribution in [0, 0.1) is 12.7 Å². The van der Waals surface area contributed by atoms with E-state index in [9.17, 15) is 4.39 Å². The smallest absolute Gasteiger partial charge is 0.150 e. The van der Waals surface area contributed by atoms with Crippen molar-refractivity contribution in [2.24, 2.45) is 18.5 Å². The van der Waals surface area contributed by atoms with Gasteiger partial charge in [0.1, 0.15) is 16.9 Å². The fourth-order valence-corrected chi connectivity index (χ4v) is 5.01. The van der Waals surface area contributed by atoms with Gasteiger partial charge >= 0.3 is 0 Å². The van der Waals surface area contributed by atoms with Gasteiger partial charge in [0.25, 0.3) is 0 Å². The van der Waals surface area contributed by atoms with Crippen LogP contribution in [-0.2, 0) is 7.05 Å². The minimum Gasteiger partial charge on any atom is -0.392 e. The number of benzene rings is 1. The molecule has 2 aliphatic rings. The van der Waals surface area contributed by atoms with E-state index in [2.05, 4.69) is 10.00 Å². The fraction of sp³-hybridized carbons (Fsp3) is 0.450. The lowest BCUT2D eigenvalue weighted by Crippen LogP contribution is -2.30. The third kappa shape index (κ3) is 3.58. The molecule has 2 atom stereocenters. The number of hydrogen-bond donors (Lipinski definition) is 2. The molecule has 0 radical (unpaired) electrons. The molecule has 8 heteroatoms. The highest BCUT2D eigenvalue weighted by atomic mass is 32.2. The summed E-state index contributed by atoms with van der Waals surface area (Å²) in [7, 11) is 1.95. The Morgan fingerprint density at radius 3 is 2.89 bits per heavy atom. The lowest BCUT2D eigenvalue weighted by molar-refractivity contribution is 0.601. The third-order valence-corrected chi connectivity index (χ3v) is 6.51. The van der Waals surface area contributed by atoms with Crippen LogP contribution in [-0.4, -0.2) is 28.9 Å². The normalized spacial score (nSPS) is 23.1. The van der Waals surface area contributed by atoms with E-state index in [0.717, 1.165) is 49.4 Å². The van der Waals surface area contributed by atoms with Crippen LogP contribution in [0.5, 0.6) is 0 Å². The van der Waals surface area contributed by atoms with E-state index in [-0.39, 0.29) is 17.2 Å². The summed E-state index contributed by atoms with van der Waals surface area (Å²) in [5, 5.41) is 4.92. The van der Waals surface area contributed by atoms with Crippen LogP contribution in [0.1, 0.15) is 35.8 Å². The van der Waals surface area contributed by atoms with Crippen LogP contribution in [0.25, 0.3) is 0 Å². The molecule has 0 spiro atoms. The second-order valence-corrected chi connectivity index (χ2v) is 8.74. The molecule has 3 heterocycles. The number of nitrogens with two attached hydrogens (primary N) is 2. The number of halogens is 1. The summed E-state index contributed by atoms with van der Waals surface area (Å²) >= 11 is 1.46. The Hall–Kier alpha value is -2.19. The van der Waals surface area contributed by atoms with Gasteiger partial charge in [-0.05, 0) is 32.3 Å². The molecule has 2 aromatic rings. The van der Waals surface area contributed by atoms with Gasteiger partial charge in [-0.3, -0.25) is 4.68 Å². The van der Waals surface area contributed by atoms with Crippen molar-refractivity contribution in [2.75, 3.05) is 22.9 Å². The lowest BCUT2D eigenvalue weighted by Gasteiger charge is -2.30. The molecule has 0 saturated carbocycles. The molecule has 150 valence electrons. The van der Waals surface area contributed by atoms with Crippen molar-refractivity contribution >= 4 is 23.3 Å². The van der Waals surface area contributed by atoms with Crippen molar-refractivity contribution in [2.45, 2.75) is 37.6 Å². The summed E-state index contributed by atoms with van der Waals surface area (Å²) in [6.45, 7) is 3.79. The van der Waals surface area contributed by atoms with Crippen LogP contribution in [0.3, 0.4) is 0 Å². The maximum atomic E-state index is 14.6. The van der Waals surface area contributed by atoms with Crippen LogP contribution in [0.15, 0.2) is 35.6 Å². The van der Waals surface area contributed by atoms with Gasteiger partial charge in [0.2, 0.25) is 0 Å². The summed E-state index contributed by atoms with van der Waals surface area (Å²) in [6, 6.07) is 5.45. The van der Waals surface area contributed by atoms with Gasteiger partial charge in [0, 0.05) is 37.9 Å². The average Bonchev–Trinajstić information content (AvgIpc) is 3.15. The number of anilines is 2. The molecule has 1 saturated heterocycles. The highest BCUT2D eigenvalue weighted by molar-refractivity contribution is 8.03. The number of nitrogens with zero attached hydrogens (tertiary/aromatic N) is 4. The molecule has 0 aliphatic carbocycles. The zero-order chi connectivity index (χ0) is 19.8. The minimum atomic E-state index is -0.253. The highest BCUT2D eigenvalue weighted by Crippen LogP contribution is 2.47. The number of rotatable bonds is 3. The Morgan fingerprint density at radius 1 is 1.25 bits per heavy atom. The largest absolute Gasteiger partial charge is 0.392 e. The summed E-state index contributed by atoms with van der Waals surface area (Å²) in [6.07, 6.45) is 6.77. The summed E-state index contributed by atoms with van der Waals surface area (Å²) in [4.78, 5) is 4.39. The van der Waals surface area contributed by atoms with Crippen molar-refractivity contribution in [3.63, 3.8) is 0 Å². The van der Waals surface area contributed by atoms with E-state index < -0.39 is 0 Å². The zero-order valence-corrected chi connectivity index (χ0v) is 17.1. The van der Waals surface area contributed by atoms with Crippen molar-refractivity contribution in [3.8, 4) is 0 Å². The summed E-state index contributed by atoms with van der Waals surface area (Å²) in [5.74, 6) is 0.807. The average molecular weight is 403 g/mol. The topological polar surface area (TPSA) is 76.3 Å². The Morgan fingerprint density at radius 2 is 2.07 bits per heavy atom. The van der Waals surface area contributed by atoms with Crippen molar-refractivity contribution in [1.82, 2.24) is 9.78 Å². The Kier molecular flexibility index (Phi) is 5.25. The van der Waals surface area contributed by atoms with Crippen molar-refractivity contribution in [1.29, 1.82) is 0 Å². The summed E-state index contributed by atoms with van der Waals surface area (Å²) in [5.41, 5.74) is 14.9. The van der Waals surface area contributed by atoms with Gasteiger partial charge in [0.05, 0.1) is 11.2 Å². The molecule has 6 nitrogen and oxygen atoms in total. The molecule has 0 amide bonds. The van der Waals surface area contributed by atoms with E-state index in [0.29, 0.717) is 10.6 Å². The molecule has 4 rings (SSSR count). The monoisotopic (exact) mass is 402 g/mol. The Labute approximate surface area is 169 Å². The molecule has 4 N–H and O–H groups in total. The van der Waals surface area contributed by atoms with E-state index in [1.807, 2.05) is 42.0 Å². The molecule has 1 fully saturated rings. The standard InChI is InChI=1S/C20H27FN6S/c1-13-5-6-16(21)15(10-13)20-27(12-18(23)28-20)17-11-24-25(2)19(17)26-8-3-4-14(22)7-9-26/h5-6,10-12,14,20H,3-4,7-9,22-23H2,1-2H3/t14?,20-/m1/s1. The third-order valence-electron chi connectivity index (χ3n) is 5.42. The van der Waals surface area contributed by atoms with Gasteiger partial charge in [-0.15, -0.1) is 0 Å². The fourth-order valence-electron chi connectivity index (χ4n) is 3.98. The van der Waals surface area contributed by atoms with Crippen LogP contribution < -0.4 is 21.3 Å². The number of hydrogen-bond acceptors (Lipinski definition) is 6. The molecule has 1 aromatic carbocycles. The number of aromatic nitrogens is 2. The molecule has 1 aromatic heterocycles. The van der Waals surface area contributed by atoms with E-state index in [1.165, 1.54) is 17.8 Å². The number of aryl methyl sites for hydroxylation is 2. The van der Waals surface area contributed by atoms with E-state index >= 15 is 0 Å². The van der Waals surface area contributed by atoms with Gasteiger partial charge < -0.3 is 21.3 Å². The van der Waals surface area contributed by atoms with E-state index in [4.69, 9.17) is 11.5 Å². The van der Waals surface area contributed by atoms with Crippen LogP contribution >= 0.6 is 11.8 Å². The maximum Gasteiger partial charge on any atom is 0.150 e. The van der Waals surface area contributed by atoms with Crippen molar-refractivity contribution in [3.05, 3.63) is 52.6 Å². The molecule has 2 aliphatic heterocycles. The van der Waals surface area contributed by atoms with Gasteiger partial charge in [-0.2, -0.15) is 5.10 Å². The van der Waals surface area contributed by atoms with Crippen molar-refractivity contribution < 1.29 is 4.39 Å². The number of thioether (sulfide) groups is 1. The van der Waals surface area contributed by atoms with Gasteiger partial charge in [-0.25, -0.2) is 4.39 Å². The highest BCUT2D eigenvalue weighted by Gasteiger charge is 2.33. The maximum absolute atomic E-state index is 14.6. The lowest BCUT2D eigenvalue weighted by atomic mass is 10.1. The molecular formula is C20H27FN6S. The molecule has 0 bridgehead atoms. The first kappa shape index (κ1) is 19.1. The Bertz CT molecular complexity index is 895. The van der Waals surface area contributed by atoms with E-state index in [1.54, 1.807) is 6.07 Å². The SMILES string of the molecule is Cc1ccc(F)c([C@H]2SC(N)=CN2c2cnn(C)c2N2CCCC(N)CC2)c1. The van der Waals surface area contributed by atoms with Gasteiger partial charge in [-0.1, -0.05) is 29.5 Å². The quantitative estimate of drug-likeness (QED) is 0.821. The van der Waals surface area contributed by atoms with Crippen LogP contribution in [0.2, 0.25) is 0 Å². The first-order valence-corrected chi connectivity index (χ1v) is 10.5. The predicted octanol–water partition coefficient (Wildman–Crippen LogP) is 3.19. The second kappa shape index (κ2) is 7.67. The second-order valence-electron chi connectivity index (χ2n) is 7.59. The molecule has 1 unspecified atom stereocenters. The van der Waals surface area contributed by atoms with Gasteiger partial charge in [0.15, 0.2) is 5.82 Å². The predicted molar refractivity (Wildman–Crippen MR) is 113 cm³/mol. The first-order valence-electron chi connectivity index (χ1n) is 9.65. The molecular weight excluding hydrogens is 375 g/mol. The molecule has 28 heavy (non-hydrogen) atoms. The first-order chi connectivity index (χ1) is 13.4.